The number of methoxy groups -OCH3 is 1. The van der Waals surface area contributed by atoms with E-state index in [1.165, 1.54) is 6.26 Å². The third-order valence-electron chi connectivity index (χ3n) is 5.65. The maximum atomic E-state index is 12.4. The van der Waals surface area contributed by atoms with Gasteiger partial charge in [0.05, 0.1) is 17.7 Å². The molecular formula is C22H30ClN3O3S. The second kappa shape index (κ2) is 9.04. The van der Waals surface area contributed by atoms with Crippen LogP contribution in [0.15, 0.2) is 35.2 Å². The predicted octanol–water partition coefficient (Wildman–Crippen LogP) is 3.99. The third kappa shape index (κ3) is 5.02. The highest BCUT2D eigenvalue weighted by molar-refractivity contribution is 7.90. The van der Waals surface area contributed by atoms with E-state index < -0.39 is 9.84 Å². The van der Waals surface area contributed by atoms with Crippen molar-refractivity contribution in [2.45, 2.75) is 24.8 Å². The van der Waals surface area contributed by atoms with Gasteiger partial charge in [-0.2, -0.15) is 0 Å². The number of sulfone groups is 1. The van der Waals surface area contributed by atoms with Gasteiger partial charge in [0, 0.05) is 49.2 Å². The summed E-state index contributed by atoms with van der Waals surface area (Å²) in [7, 11) is 0.336. The van der Waals surface area contributed by atoms with Crippen molar-refractivity contribution in [1.29, 1.82) is 0 Å². The topological polar surface area (TPSA) is 61.9 Å². The zero-order valence-corrected chi connectivity index (χ0v) is 19.8. The van der Waals surface area contributed by atoms with Gasteiger partial charge in [0.15, 0.2) is 9.84 Å². The van der Waals surface area contributed by atoms with Crippen LogP contribution in [0.25, 0.3) is 0 Å². The summed E-state index contributed by atoms with van der Waals surface area (Å²) in [6.07, 6.45) is 1.24. The van der Waals surface area contributed by atoms with E-state index in [0.29, 0.717) is 21.4 Å². The molecule has 1 aliphatic rings. The van der Waals surface area contributed by atoms with Crippen molar-refractivity contribution < 1.29 is 13.2 Å². The van der Waals surface area contributed by atoms with Crippen LogP contribution in [0.4, 0.5) is 11.4 Å². The van der Waals surface area contributed by atoms with Gasteiger partial charge in [0.2, 0.25) is 0 Å². The summed E-state index contributed by atoms with van der Waals surface area (Å²) in [5.41, 5.74) is 3.55. The molecule has 0 bridgehead atoms. The summed E-state index contributed by atoms with van der Waals surface area (Å²) in [5.74, 6) is 0.709. The number of rotatable bonds is 6. The standard InChI is InChI=1S/C22H30ClN3O3S/c1-15-19(12-17(23)13-21(15)29-4)16(2)24-20-14-18(6-7-22(20)30(5,27)28)26-10-8-25(3)9-11-26/h6-7,12-14,16,24H,8-11H2,1-5H3. The summed E-state index contributed by atoms with van der Waals surface area (Å²) in [6.45, 7) is 7.75. The van der Waals surface area contributed by atoms with E-state index in [1.807, 2.05) is 32.0 Å². The van der Waals surface area contributed by atoms with Crippen LogP contribution in [0.1, 0.15) is 24.1 Å². The van der Waals surface area contributed by atoms with E-state index in [0.717, 1.165) is 43.0 Å². The molecule has 0 aliphatic carbocycles. The minimum atomic E-state index is -3.39. The molecule has 1 heterocycles. The molecule has 1 fully saturated rings. The molecule has 1 N–H and O–H groups in total. The van der Waals surface area contributed by atoms with Crippen molar-refractivity contribution in [2.75, 3.05) is 56.8 Å². The van der Waals surface area contributed by atoms with E-state index in [2.05, 4.69) is 22.2 Å². The van der Waals surface area contributed by atoms with Crippen LogP contribution < -0.4 is 15.0 Å². The van der Waals surface area contributed by atoms with Gasteiger partial charge in [-0.1, -0.05) is 11.6 Å². The molecule has 0 aromatic heterocycles. The lowest BCUT2D eigenvalue weighted by molar-refractivity contribution is 0.313. The molecule has 3 rings (SSSR count). The van der Waals surface area contributed by atoms with Crippen molar-refractivity contribution >= 4 is 32.8 Å². The van der Waals surface area contributed by atoms with E-state index in [1.54, 1.807) is 19.2 Å². The Labute approximate surface area is 184 Å². The molecule has 164 valence electrons. The number of halogens is 1. The highest BCUT2D eigenvalue weighted by Gasteiger charge is 2.21. The minimum Gasteiger partial charge on any atom is -0.496 e. The first-order valence-corrected chi connectivity index (χ1v) is 12.2. The predicted molar refractivity (Wildman–Crippen MR) is 124 cm³/mol. The van der Waals surface area contributed by atoms with Gasteiger partial charge in [-0.3, -0.25) is 0 Å². The lowest BCUT2D eigenvalue weighted by atomic mass is 10.0. The molecule has 1 saturated heterocycles. The molecule has 1 unspecified atom stereocenters. The normalized spacial score (nSPS) is 16.4. The van der Waals surface area contributed by atoms with Gasteiger partial charge in [0.1, 0.15) is 5.75 Å². The number of likely N-dealkylation sites (N-methyl/N-ethyl adjacent to an activating group) is 1. The zero-order valence-electron chi connectivity index (χ0n) is 18.2. The van der Waals surface area contributed by atoms with E-state index in [-0.39, 0.29) is 6.04 Å². The Morgan fingerprint density at radius 2 is 1.80 bits per heavy atom. The molecule has 0 amide bonds. The fourth-order valence-electron chi connectivity index (χ4n) is 3.86. The van der Waals surface area contributed by atoms with E-state index in [9.17, 15) is 8.42 Å². The number of piperazine rings is 1. The Bertz CT molecular complexity index is 1020. The Hall–Kier alpha value is -1.96. The summed E-state index contributed by atoms with van der Waals surface area (Å²) >= 11 is 6.28. The Kier molecular flexibility index (Phi) is 6.84. The molecule has 6 nitrogen and oxygen atoms in total. The monoisotopic (exact) mass is 451 g/mol. The molecule has 0 radical (unpaired) electrons. The van der Waals surface area contributed by atoms with Crippen molar-refractivity contribution in [3.63, 3.8) is 0 Å². The number of anilines is 2. The highest BCUT2D eigenvalue weighted by atomic mass is 35.5. The van der Waals surface area contributed by atoms with Crippen LogP contribution in [0.3, 0.4) is 0 Å². The van der Waals surface area contributed by atoms with Crippen LogP contribution in [0, 0.1) is 6.92 Å². The number of ether oxygens (including phenoxy) is 1. The van der Waals surface area contributed by atoms with Gasteiger partial charge in [-0.25, -0.2) is 8.42 Å². The largest absolute Gasteiger partial charge is 0.496 e. The van der Waals surface area contributed by atoms with Gasteiger partial charge < -0.3 is 19.9 Å². The quantitative estimate of drug-likeness (QED) is 0.716. The molecule has 30 heavy (non-hydrogen) atoms. The Morgan fingerprint density at radius 3 is 2.40 bits per heavy atom. The maximum absolute atomic E-state index is 12.4. The van der Waals surface area contributed by atoms with Crippen molar-refractivity contribution in [1.82, 2.24) is 4.90 Å². The van der Waals surface area contributed by atoms with Crippen LogP contribution in [0.5, 0.6) is 5.75 Å². The Balaban J connectivity index is 1.97. The van der Waals surface area contributed by atoms with E-state index >= 15 is 0 Å². The first kappa shape index (κ1) is 22.7. The number of hydrogen-bond acceptors (Lipinski definition) is 6. The van der Waals surface area contributed by atoms with Crippen LogP contribution in [-0.4, -0.2) is 59.9 Å². The van der Waals surface area contributed by atoms with Crippen LogP contribution in [0.2, 0.25) is 5.02 Å². The molecular weight excluding hydrogens is 422 g/mol. The average molecular weight is 452 g/mol. The van der Waals surface area contributed by atoms with Gasteiger partial charge in [-0.15, -0.1) is 0 Å². The molecule has 1 aliphatic heterocycles. The molecule has 2 aromatic carbocycles. The van der Waals surface area contributed by atoms with Crippen LogP contribution >= 0.6 is 11.6 Å². The molecule has 0 saturated carbocycles. The SMILES string of the molecule is COc1cc(Cl)cc(C(C)Nc2cc(N3CCN(C)CC3)ccc2S(C)(=O)=O)c1C. The van der Waals surface area contributed by atoms with Crippen molar-refractivity contribution in [3.8, 4) is 5.75 Å². The first-order valence-electron chi connectivity index (χ1n) is 9.98. The van der Waals surface area contributed by atoms with Crippen molar-refractivity contribution in [2.24, 2.45) is 0 Å². The Morgan fingerprint density at radius 1 is 1.13 bits per heavy atom. The highest BCUT2D eigenvalue weighted by Crippen LogP contribution is 2.35. The number of hydrogen-bond donors (Lipinski definition) is 1. The second-order valence-corrected chi connectivity index (χ2v) is 10.4. The molecule has 0 spiro atoms. The van der Waals surface area contributed by atoms with Gasteiger partial charge in [0.25, 0.3) is 0 Å². The lowest BCUT2D eigenvalue weighted by Crippen LogP contribution is -2.44. The van der Waals surface area contributed by atoms with Gasteiger partial charge in [-0.05, 0) is 62.4 Å². The second-order valence-electron chi connectivity index (χ2n) is 7.93. The maximum Gasteiger partial charge on any atom is 0.177 e. The number of nitrogens with zero attached hydrogens (tertiary/aromatic N) is 2. The smallest absolute Gasteiger partial charge is 0.177 e. The first-order chi connectivity index (χ1) is 14.1. The summed E-state index contributed by atoms with van der Waals surface area (Å²) in [6, 6.07) is 9.04. The number of nitrogens with one attached hydrogen (secondary N) is 1. The summed E-state index contributed by atoms with van der Waals surface area (Å²) in [4.78, 5) is 4.87. The minimum absolute atomic E-state index is 0.166. The lowest BCUT2D eigenvalue weighted by Gasteiger charge is -2.34. The van der Waals surface area contributed by atoms with E-state index in [4.69, 9.17) is 16.3 Å². The summed E-state index contributed by atoms with van der Waals surface area (Å²) < 4.78 is 30.3. The van der Waals surface area contributed by atoms with Crippen molar-refractivity contribution in [3.05, 3.63) is 46.5 Å². The molecule has 8 heteroatoms. The zero-order chi connectivity index (χ0) is 22.1. The van der Waals surface area contributed by atoms with Gasteiger partial charge >= 0.3 is 0 Å². The fraction of sp³-hybridized carbons (Fsp3) is 0.455. The number of benzene rings is 2. The third-order valence-corrected chi connectivity index (χ3v) is 7.03. The summed E-state index contributed by atoms with van der Waals surface area (Å²) in [5, 5.41) is 3.99. The fourth-order valence-corrected chi connectivity index (χ4v) is 4.91. The average Bonchev–Trinajstić information content (AvgIpc) is 2.69. The van der Waals surface area contributed by atoms with Crippen LogP contribution in [-0.2, 0) is 9.84 Å². The molecule has 2 aromatic rings. The molecule has 1 atom stereocenters.